The van der Waals surface area contributed by atoms with Gasteiger partial charge < -0.3 is 5.11 Å². The summed E-state index contributed by atoms with van der Waals surface area (Å²) in [5.74, 6) is -0.0491. The molecule has 7 heteroatoms. The van der Waals surface area contributed by atoms with Gasteiger partial charge in [-0.3, -0.25) is 4.72 Å². The summed E-state index contributed by atoms with van der Waals surface area (Å²) in [6, 6.07) is 4.53. The number of aliphatic hydroxyl groups excluding tert-OH is 1. The number of nitrogens with one attached hydrogen (secondary N) is 1. The van der Waals surface area contributed by atoms with Gasteiger partial charge in [0, 0.05) is 11.6 Å². The molecule has 0 unspecified atom stereocenters. The molecular formula is C10H13Cl2NO3S. The molecular weight excluding hydrogens is 285 g/mol. The lowest BCUT2D eigenvalue weighted by Gasteiger charge is -2.09. The van der Waals surface area contributed by atoms with Crippen LogP contribution in [-0.4, -0.2) is 25.9 Å². The molecule has 0 radical (unpaired) electrons. The summed E-state index contributed by atoms with van der Waals surface area (Å²) in [6.45, 7) is -0.0166. The van der Waals surface area contributed by atoms with Gasteiger partial charge in [0.25, 0.3) is 0 Å². The summed E-state index contributed by atoms with van der Waals surface area (Å²) in [6.07, 6.45) is 0.853. The van der Waals surface area contributed by atoms with Crippen molar-refractivity contribution in [3.8, 4) is 0 Å². The molecule has 1 aromatic carbocycles. The highest BCUT2D eigenvalue weighted by molar-refractivity contribution is 7.92. The first-order valence-corrected chi connectivity index (χ1v) is 7.42. The predicted octanol–water partition coefficient (Wildman–Crippen LogP) is 2.51. The van der Waals surface area contributed by atoms with E-state index in [4.69, 9.17) is 28.3 Å². The van der Waals surface area contributed by atoms with Gasteiger partial charge in [0.15, 0.2) is 0 Å². The third-order valence-corrected chi connectivity index (χ3v) is 3.92. The van der Waals surface area contributed by atoms with Crippen LogP contribution >= 0.6 is 23.2 Å². The SMILES string of the molecule is O=S(=O)(CCCCO)Nc1ccc(Cl)cc1Cl. The molecule has 1 aromatic rings. The summed E-state index contributed by atoms with van der Waals surface area (Å²) in [5.41, 5.74) is 0.306. The van der Waals surface area contributed by atoms with Crippen molar-refractivity contribution < 1.29 is 13.5 Å². The molecule has 0 aliphatic carbocycles. The molecule has 0 fully saturated rings. The summed E-state index contributed by atoms with van der Waals surface area (Å²) < 4.78 is 25.6. The first kappa shape index (κ1) is 14.6. The number of rotatable bonds is 6. The van der Waals surface area contributed by atoms with Crippen molar-refractivity contribution in [3.63, 3.8) is 0 Å². The van der Waals surface area contributed by atoms with Gasteiger partial charge in [-0.05, 0) is 31.0 Å². The topological polar surface area (TPSA) is 66.4 Å². The normalized spacial score (nSPS) is 11.5. The Morgan fingerprint density at radius 2 is 1.94 bits per heavy atom. The van der Waals surface area contributed by atoms with Gasteiger partial charge in [-0.25, -0.2) is 8.42 Å². The standard InChI is InChI=1S/C10H13Cl2NO3S/c11-8-3-4-10(9(12)7-8)13-17(15,16)6-2-1-5-14/h3-4,7,13-14H,1-2,5-6H2. The van der Waals surface area contributed by atoms with E-state index < -0.39 is 10.0 Å². The van der Waals surface area contributed by atoms with Gasteiger partial charge in [0.1, 0.15) is 0 Å². The number of aliphatic hydroxyl groups is 1. The maximum atomic E-state index is 11.6. The van der Waals surface area contributed by atoms with Gasteiger partial charge >= 0.3 is 0 Å². The van der Waals surface area contributed by atoms with Gasteiger partial charge in [-0.15, -0.1) is 0 Å². The lowest BCUT2D eigenvalue weighted by molar-refractivity contribution is 0.287. The number of halogens is 2. The lowest BCUT2D eigenvalue weighted by atomic mass is 10.3. The minimum atomic E-state index is -3.43. The first-order valence-electron chi connectivity index (χ1n) is 5.01. The third kappa shape index (κ3) is 5.12. The molecule has 0 aliphatic heterocycles. The summed E-state index contributed by atoms with van der Waals surface area (Å²) >= 11 is 11.5. The fourth-order valence-electron chi connectivity index (χ4n) is 1.19. The fourth-order valence-corrected chi connectivity index (χ4v) is 2.91. The van der Waals surface area contributed by atoms with Gasteiger partial charge in [0.2, 0.25) is 10.0 Å². The Bertz CT molecular complexity index is 476. The molecule has 2 N–H and O–H groups in total. The zero-order chi connectivity index (χ0) is 12.9. The first-order chi connectivity index (χ1) is 7.94. The minimum Gasteiger partial charge on any atom is -0.396 e. The van der Waals surface area contributed by atoms with Gasteiger partial charge in [0.05, 0.1) is 16.5 Å². The van der Waals surface area contributed by atoms with Crippen LogP contribution in [0.15, 0.2) is 18.2 Å². The highest BCUT2D eigenvalue weighted by Crippen LogP contribution is 2.26. The van der Waals surface area contributed by atoms with Crippen molar-refractivity contribution in [2.45, 2.75) is 12.8 Å². The number of unbranched alkanes of at least 4 members (excludes halogenated alkanes) is 1. The summed E-state index contributed by atoms with van der Waals surface area (Å²) in [4.78, 5) is 0. The van der Waals surface area contributed by atoms with Crippen LogP contribution < -0.4 is 4.72 Å². The van der Waals surface area contributed by atoms with Crippen molar-refractivity contribution in [3.05, 3.63) is 28.2 Å². The second-order valence-electron chi connectivity index (χ2n) is 3.48. The second-order valence-corrected chi connectivity index (χ2v) is 6.16. The number of benzene rings is 1. The highest BCUT2D eigenvalue weighted by atomic mass is 35.5. The maximum Gasteiger partial charge on any atom is 0.232 e. The Balaban J connectivity index is 2.69. The molecule has 0 aliphatic rings. The predicted molar refractivity (Wildman–Crippen MR) is 70.2 cm³/mol. The molecule has 4 nitrogen and oxygen atoms in total. The summed E-state index contributed by atoms with van der Waals surface area (Å²) in [7, 11) is -3.43. The molecule has 0 atom stereocenters. The summed E-state index contributed by atoms with van der Waals surface area (Å²) in [5, 5.41) is 9.27. The average molecular weight is 298 g/mol. The van der Waals surface area contributed by atoms with E-state index in [9.17, 15) is 8.42 Å². The van der Waals surface area contributed by atoms with Crippen LogP contribution in [0.5, 0.6) is 0 Å². The fraction of sp³-hybridized carbons (Fsp3) is 0.400. The molecule has 1 rings (SSSR count). The van der Waals surface area contributed by atoms with E-state index in [1.807, 2.05) is 0 Å². The van der Waals surface area contributed by atoms with Gasteiger partial charge in [-0.2, -0.15) is 0 Å². The van der Waals surface area contributed by atoms with E-state index in [1.165, 1.54) is 12.1 Å². The van der Waals surface area contributed by atoms with E-state index in [0.29, 0.717) is 23.6 Å². The van der Waals surface area contributed by atoms with Gasteiger partial charge in [-0.1, -0.05) is 23.2 Å². The minimum absolute atomic E-state index is 0.0166. The van der Waals surface area contributed by atoms with Crippen LogP contribution in [0.3, 0.4) is 0 Å². The van der Waals surface area contributed by atoms with Crippen molar-refractivity contribution in [1.29, 1.82) is 0 Å². The molecule has 0 heterocycles. The van der Waals surface area contributed by atoms with E-state index >= 15 is 0 Å². The van der Waals surface area contributed by atoms with E-state index in [-0.39, 0.29) is 17.4 Å². The largest absolute Gasteiger partial charge is 0.396 e. The molecule has 0 saturated carbocycles. The Morgan fingerprint density at radius 3 is 2.53 bits per heavy atom. The van der Waals surface area contributed by atoms with Crippen LogP contribution in [0.2, 0.25) is 10.0 Å². The molecule has 0 saturated heterocycles. The smallest absolute Gasteiger partial charge is 0.232 e. The van der Waals surface area contributed by atoms with E-state index in [2.05, 4.69) is 4.72 Å². The highest BCUT2D eigenvalue weighted by Gasteiger charge is 2.12. The Morgan fingerprint density at radius 1 is 1.24 bits per heavy atom. The number of hydrogen-bond acceptors (Lipinski definition) is 3. The molecule has 0 spiro atoms. The monoisotopic (exact) mass is 297 g/mol. The number of sulfonamides is 1. The molecule has 17 heavy (non-hydrogen) atoms. The van der Waals surface area contributed by atoms with Crippen LogP contribution in [0, 0.1) is 0 Å². The van der Waals surface area contributed by atoms with Crippen molar-refractivity contribution in [2.24, 2.45) is 0 Å². The molecule has 0 bridgehead atoms. The maximum absolute atomic E-state index is 11.6. The van der Waals surface area contributed by atoms with Crippen molar-refractivity contribution >= 4 is 38.9 Å². The van der Waals surface area contributed by atoms with E-state index in [0.717, 1.165) is 0 Å². The van der Waals surface area contributed by atoms with Crippen LogP contribution in [0.4, 0.5) is 5.69 Å². The van der Waals surface area contributed by atoms with Crippen LogP contribution in [0.25, 0.3) is 0 Å². The molecule has 0 aromatic heterocycles. The Hall–Kier alpha value is -0.490. The molecule has 0 amide bonds. The Labute approximate surface area is 111 Å². The Kier molecular flexibility index (Phi) is 5.52. The number of hydrogen-bond donors (Lipinski definition) is 2. The lowest BCUT2D eigenvalue weighted by Crippen LogP contribution is -2.17. The number of anilines is 1. The zero-order valence-corrected chi connectivity index (χ0v) is 11.3. The molecule has 96 valence electrons. The van der Waals surface area contributed by atoms with Crippen LogP contribution in [-0.2, 0) is 10.0 Å². The van der Waals surface area contributed by atoms with E-state index in [1.54, 1.807) is 6.07 Å². The van der Waals surface area contributed by atoms with Crippen LogP contribution in [0.1, 0.15) is 12.8 Å². The van der Waals surface area contributed by atoms with Crippen molar-refractivity contribution in [2.75, 3.05) is 17.1 Å². The second kappa shape index (κ2) is 6.44. The third-order valence-electron chi connectivity index (χ3n) is 2.02. The quantitative estimate of drug-likeness (QED) is 0.793. The zero-order valence-electron chi connectivity index (χ0n) is 8.99. The van der Waals surface area contributed by atoms with Crippen molar-refractivity contribution in [1.82, 2.24) is 0 Å². The average Bonchev–Trinajstić information content (AvgIpc) is 2.22.